The third-order valence-electron chi connectivity index (χ3n) is 3.42. The lowest BCUT2D eigenvalue weighted by molar-refractivity contribution is 0.416. The minimum Gasteiger partial charge on any atom is -0.495 e. The van der Waals surface area contributed by atoms with Crippen molar-refractivity contribution >= 4 is 27.3 Å². The molecule has 2 N–H and O–H groups in total. The maximum atomic E-state index is 12.4. The van der Waals surface area contributed by atoms with Gasteiger partial charge >= 0.3 is 0 Å². The molecule has 1 unspecified atom stereocenters. The summed E-state index contributed by atoms with van der Waals surface area (Å²) in [6.07, 6.45) is 1.53. The van der Waals surface area contributed by atoms with Gasteiger partial charge in [-0.3, -0.25) is 4.72 Å². The van der Waals surface area contributed by atoms with Gasteiger partial charge in [0.1, 0.15) is 5.75 Å². The van der Waals surface area contributed by atoms with Crippen LogP contribution in [-0.4, -0.2) is 33.9 Å². The highest BCUT2D eigenvalue weighted by atomic mass is 35.5. The van der Waals surface area contributed by atoms with Crippen LogP contribution in [0.5, 0.6) is 5.75 Å². The van der Waals surface area contributed by atoms with Crippen molar-refractivity contribution in [3.8, 4) is 5.75 Å². The van der Waals surface area contributed by atoms with Crippen molar-refractivity contribution in [2.45, 2.75) is 25.0 Å². The lowest BCUT2D eigenvalue weighted by Crippen LogP contribution is -2.41. The first-order chi connectivity index (χ1) is 9.44. The van der Waals surface area contributed by atoms with Crippen LogP contribution >= 0.6 is 11.6 Å². The molecule has 1 atom stereocenters. The average molecular weight is 319 g/mol. The number of sulfonamides is 1. The summed E-state index contributed by atoms with van der Waals surface area (Å²) in [5.74, 6) is 0.424. The lowest BCUT2D eigenvalue weighted by atomic mass is 10.2. The Morgan fingerprint density at radius 1 is 1.45 bits per heavy atom. The van der Waals surface area contributed by atoms with Crippen LogP contribution < -0.4 is 14.8 Å². The minimum absolute atomic E-state index is 0.419. The summed E-state index contributed by atoms with van der Waals surface area (Å²) in [6, 6.07) is 3.31. The predicted molar refractivity (Wildman–Crippen MR) is 81.2 cm³/mol. The fourth-order valence-corrected chi connectivity index (χ4v) is 3.83. The van der Waals surface area contributed by atoms with Gasteiger partial charge in [-0.05, 0) is 37.9 Å². The highest BCUT2D eigenvalue weighted by molar-refractivity contribution is 7.93. The highest BCUT2D eigenvalue weighted by Crippen LogP contribution is 2.32. The van der Waals surface area contributed by atoms with Crippen LogP contribution in [0.3, 0.4) is 0 Å². The number of hydrogen-bond donors (Lipinski definition) is 2. The Bertz CT molecular complexity index is 584. The Labute approximate surface area is 124 Å². The van der Waals surface area contributed by atoms with Crippen molar-refractivity contribution in [3.05, 3.63) is 22.7 Å². The number of anilines is 1. The Morgan fingerprint density at radius 2 is 2.20 bits per heavy atom. The van der Waals surface area contributed by atoms with E-state index in [9.17, 15) is 8.42 Å². The summed E-state index contributed by atoms with van der Waals surface area (Å²) in [7, 11) is -1.95. The molecular formula is C13H19ClN2O3S. The molecule has 0 aromatic heterocycles. The van der Waals surface area contributed by atoms with E-state index in [1.54, 1.807) is 12.1 Å². The quantitative estimate of drug-likeness (QED) is 0.892. The minimum atomic E-state index is -3.43. The van der Waals surface area contributed by atoms with Gasteiger partial charge in [0.25, 0.3) is 0 Å². The normalized spacial score (nSPS) is 19.6. The Morgan fingerprint density at radius 3 is 2.80 bits per heavy atom. The van der Waals surface area contributed by atoms with Crippen LogP contribution in [0.15, 0.2) is 12.1 Å². The van der Waals surface area contributed by atoms with Gasteiger partial charge in [0.15, 0.2) is 0 Å². The molecule has 0 spiro atoms. The van der Waals surface area contributed by atoms with Crippen molar-refractivity contribution in [3.63, 3.8) is 0 Å². The monoisotopic (exact) mass is 318 g/mol. The van der Waals surface area contributed by atoms with E-state index >= 15 is 0 Å². The zero-order valence-electron chi connectivity index (χ0n) is 11.6. The van der Waals surface area contributed by atoms with Crippen molar-refractivity contribution in [1.82, 2.24) is 5.32 Å². The molecule has 1 saturated heterocycles. The Kier molecular flexibility index (Phi) is 4.78. The fraction of sp³-hybridized carbons (Fsp3) is 0.538. The van der Waals surface area contributed by atoms with Crippen LogP contribution in [0.2, 0.25) is 5.02 Å². The summed E-state index contributed by atoms with van der Waals surface area (Å²) in [6.45, 7) is 3.17. The van der Waals surface area contributed by atoms with Gasteiger partial charge in [-0.25, -0.2) is 8.42 Å². The summed E-state index contributed by atoms with van der Waals surface area (Å²) in [5.41, 5.74) is 1.23. The molecule has 20 heavy (non-hydrogen) atoms. The number of aryl methyl sites for hydroxylation is 1. The van der Waals surface area contributed by atoms with Crippen molar-refractivity contribution < 1.29 is 13.2 Å². The first-order valence-corrected chi connectivity index (χ1v) is 8.43. The van der Waals surface area contributed by atoms with E-state index in [2.05, 4.69) is 10.0 Å². The van der Waals surface area contributed by atoms with Gasteiger partial charge in [-0.1, -0.05) is 11.6 Å². The van der Waals surface area contributed by atoms with E-state index in [-0.39, 0.29) is 0 Å². The number of nitrogens with one attached hydrogen (secondary N) is 2. The van der Waals surface area contributed by atoms with Crippen LogP contribution in [0.1, 0.15) is 18.4 Å². The van der Waals surface area contributed by atoms with E-state index in [0.717, 1.165) is 18.5 Å². The molecular weight excluding hydrogens is 300 g/mol. The van der Waals surface area contributed by atoms with Crippen molar-refractivity contribution in [2.24, 2.45) is 0 Å². The van der Waals surface area contributed by atoms with Crippen LogP contribution in [-0.2, 0) is 10.0 Å². The van der Waals surface area contributed by atoms with Gasteiger partial charge in [0, 0.05) is 17.6 Å². The summed E-state index contributed by atoms with van der Waals surface area (Å²) >= 11 is 6.02. The van der Waals surface area contributed by atoms with Gasteiger partial charge in [-0.2, -0.15) is 0 Å². The molecule has 5 nitrogen and oxygen atoms in total. The van der Waals surface area contributed by atoms with Gasteiger partial charge in [0.2, 0.25) is 10.0 Å². The van der Waals surface area contributed by atoms with Crippen LogP contribution in [0.4, 0.5) is 5.69 Å². The second-order valence-corrected chi connectivity index (χ2v) is 7.29. The summed E-state index contributed by atoms with van der Waals surface area (Å²) in [4.78, 5) is 0. The SMILES string of the molecule is COc1cc(Cl)c(C)cc1NS(=O)(=O)C1CCCNC1. The molecule has 1 fully saturated rings. The van der Waals surface area contributed by atoms with E-state index in [4.69, 9.17) is 16.3 Å². The molecule has 7 heteroatoms. The number of ether oxygens (including phenoxy) is 1. The molecule has 112 valence electrons. The molecule has 1 aromatic carbocycles. The topological polar surface area (TPSA) is 67.4 Å². The molecule has 2 rings (SSSR count). The predicted octanol–water partition coefficient (Wildman–Crippen LogP) is 2.15. The molecule has 1 aliphatic heterocycles. The third-order valence-corrected chi connectivity index (χ3v) is 5.62. The van der Waals surface area contributed by atoms with E-state index < -0.39 is 15.3 Å². The van der Waals surface area contributed by atoms with Crippen LogP contribution in [0, 0.1) is 6.92 Å². The smallest absolute Gasteiger partial charge is 0.236 e. The van der Waals surface area contributed by atoms with E-state index in [1.807, 2.05) is 6.92 Å². The molecule has 0 bridgehead atoms. The second kappa shape index (κ2) is 6.20. The fourth-order valence-electron chi connectivity index (χ4n) is 2.23. The average Bonchev–Trinajstić information content (AvgIpc) is 2.43. The zero-order chi connectivity index (χ0) is 14.8. The second-order valence-electron chi connectivity index (χ2n) is 4.92. The van der Waals surface area contributed by atoms with Crippen molar-refractivity contribution in [2.75, 3.05) is 24.9 Å². The largest absolute Gasteiger partial charge is 0.495 e. The van der Waals surface area contributed by atoms with E-state index in [0.29, 0.717) is 29.4 Å². The first-order valence-electron chi connectivity index (χ1n) is 6.50. The van der Waals surface area contributed by atoms with Crippen LogP contribution in [0.25, 0.3) is 0 Å². The number of benzene rings is 1. The Balaban J connectivity index is 2.26. The third kappa shape index (κ3) is 3.37. The highest BCUT2D eigenvalue weighted by Gasteiger charge is 2.28. The van der Waals surface area contributed by atoms with Gasteiger partial charge < -0.3 is 10.1 Å². The molecule has 1 heterocycles. The molecule has 1 aromatic rings. The molecule has 0 amide bonds. The lowest BCUT2D eigenvalue weighted by Gasteiger charge is -2.24. The maximum Gasteiger partial charge on any atom is 0.236 e. The summed E-state index contributed by atoms with van der Waals surface area (Å²) in [5, 5.41) is 3.23. The molecule has 0 aliphatic carbocycles. The first kappa shape index (κ1) is 15.4. The number of halogens is 1. The molecule has 1 aliphatic rings. The standard InChI is InChI=1S/C13H19ClN2O3S/c1-9-6-12(13(19-2)7-11(9)14)16-20(17,18)10-4-3-5-15-8-10/h6-7,10,15-16H,3-5,8H2,1-2H3. The van der Waals surface area contributed by atoms with Crippen molar-refractivity contribution in [1.29, 1.82) is 0 Å². The molecule has 0 saturated carbocycles. The van der Waals surface area contributed by atoms with Gasteiger partial charge in [-0.15, -0.1) is 0 Å². The number of piperidine rings is 1. The number of rotatable bonds is 4. The van der Waals surface area contributed by atoms with E-state index in [1.165, 1.54) is 7.11 Å². The molecule has 0 radical (unpaired) electrons. The maximum absolute atomic E-state index is 12.4. The van der Waals surface area contributed by atoms with Gasteiger partial charge in [0.05, 0.1) is 18.0 Å². The summed E-state index contributed by atoms with van der Waals surface area (Å²) < 4.78 is 32.6. The number of methoxy groups -OCH3 is 1. The number of hydrogen-bond acceptors (Lipinski definition) is 4. The zero-order valence-corrected chi connectivity index (χ0v) is 13.1. The Hall–Kier alpha value is -0.980.